The summed E-state index contributed by atoms with van der Waals surface area (Å²) in [5.74, 6) is -0.391. The van der Waals surface area contributed by atoms with Crippen LogP contribution in [0.4, 0.5) is 10.1 Å². The maximum atomic E-state index is 13.1. The Morgan fingerprint density at radius 1 is 1.30 bits per heavy atom. The van der Waals surface area contributed by atoms with E-state index in [2.05, 4.69) is 36.6 Å². The largest absolute Gasteiger partial charge is 0.450 e. The van der Waals surface area contributed by atoms with Crippen molar-refractivity contribution in [2.75, 3.05) is 4.72 Å². The third kappa shape index (κ3) is 3.22. The number of aliphatic hydroxyl groups excluding tert-OH is 1. The van der Waals surface area contributed by atoms with E-state index in [0.717, 1.165) is 6.07 Å². The Morgan fingerprint density at radius 2 is 2.00 bits per heavy atom. The number of hydrogen-bond donors (Lipinski definition) is 2. The second-order valence-corrected chi connectivity index (χ2v) is 6.97. The predicted molar refractivity (Wildman–Crippen MR) is 77.2 cm³/mol. The monoisotopic (exact) mass is 427 g/mol. The number of sulfonamides is 1. The summed E-state index contributed by atoms with van der Waals surface area (Å²) < 4.78 is 44.8. The third-order valence-corrected chi connectivity index (χ3v) is 5.17. The van der Waals surface area contributed by atoms with Crippen molar-refractivity contribution in [1.82, 2.24) is 0 Å². The number of benzene rings is 1. The van der Waals surface area contributed by atoms with Gasteiger partial charge in [0.15, 0.2) is 4.67 Å². The van der Waals surface area contributed by atoms with E-state index in [1.165, 1.54) is 18.2 Å². The van der Waals surface area contributed by atoms with Crippen molar-refractivity contribution in [3.8, 4) is 0 Å². The highest BCUT2D eigenvalue weighted by Gasteiger charge is 2.22. The minimum Gasteiger partial charge on any atom is -0.450 e. The molecular formula is C11H8Br2FNO4S. The molecule has 0 atom stereocenters. The van der Waals surface area contributed by atoms with Crippen LogP contribution >= 0.6 is 31.9 Å². The molecule has 20 heavy (non-hydrogen) atoms. The predicted octanol–water partition coefficient (Wildman–Crippen LogP) is 3.24. The van der Waals surface area contributed by atoms with E-state index >= 15 is 0 Å². The average molecular weight is 429 g/mol. The molecule has 0 bridgehead atoms. The Bertz CT molecular complexity index is 745. The lowest BCUT2D eigenvalue weighted by atomic mass is 10.3. The van der Waals surface area contributed by atoms with Crippen LogP contribution in [-0.4, -0.2) is 13.5 Å². The molecule has 108 valence electrons. The second-order valence-electron chi connectivity index (χ2n) is 3.74. The van der Waals surface area contributed by atoms with E-state index < -0.39 is 22.4 Å². The number of furan rings is 1. The molecular weight excluding hydrogens is 421 g/mol. The van der Waals surface area contributed by atoms with Gasteiger partial charge in [0.25, 0.3) is 10.0 Å². The molecule has 2 N–H and O–H groups in total. The van der Waals surface area contributed by atoms with Crippen molar-refractivity contribution in [3.05, 3.63) is 45.0 Å². The third-order valence-electron chi connectivity index (χ3n) is 2.32. The van der Waals surface area contributed by atoms with Gasteiger partial charge in [0, 0.05) is 6.07 Å². The van der Waals surface area contributed by atoms with Crippen LogP contribution in [0.5, 0.6) is 0 Å². The van der Waals surface area contributed by atoms with Gasteiger partial charge in [-0.05, 0) is 50.1 Å². The summed E-state index contributed by atoms with van der Waals surface area (Å²) in [5.41, 5.74) is 0.192. The summed E-state index contributed by atoms with van der Waals surface area (Å²) in [6, 6.07) is 4.92. The molecule has 2 rings (SSSR count). The zero-order valence-electron chi connectivity index (χ0n) is 9.73. The van der Waals surface area contributed by atoms with E-state index in [1.54, 1.807) is 0 Å². The molecule has 0 spiro atoms. The average Bonchev–Trinajstić information content (AvgIpc) is 2.76. The first kappa shape index (κ1) is 15.5. The molecule has 0 amide bonds. The normalized spacial score (nSPS) is 11.6. The van der Waals surface area contributed by atoms with Crippen LogP contribution < -0.4 is 4.72 Å². The van der Waals surface area contributed by atoms with Gasteiger partial charge in [-0.3, -0.25) is 4.72 Å². The lowest BCUT2D eigenvalue weighted by Gasteiger charge is -2.07. The molecule has 0 aliphatic rings. The summed E-state index contributed by atoms with van der Waals surface area (Å²) in [6.45, 7) is -0.420. The van der Waals surface area contributed by atoms with Crippen molar-refractivity contribution >= 4 is 47.6 Å². The van der Waals surface area contributed by atoms with Crippen molar-refractivity contribution in [1.29, 1.82) is 0 Å². The summed E-state index contributed by atoms with van der Waals surface area (Å²) >= 11 is 5.94. The molecule has 9 heteroatoms. The highest BCUT2D eigenvalue weighted by atomic mass is 79.9. The van der Waals surface area contributed by atoms with E-state index in [9.17, 15) is 12.8 Å². The van der Waals surface area contributed by atoms with E-state index in [-0.39, 0.29) is 25.5 Å². The fourth-order valence-corrected chi connectivity index (χ4v) is 3.86. The van der Waals surface area contributed by atoms with Crippen molar-refractivity contribution in [2.45, 2.75) is 11.5 Å². The Labute approximate surface area is 131 Å². The van der Waals surface area contributed by atoms with Gasteiger partial charge in [-0.1, -0.05) is 0 Å². The second kappa shape index (κ2) is 5.84. The molecule has 0 saturated heterocycles. The summed E-state index contributed by atoms with van der Waals surface area (Å²) in [6.07, 6.45) is 0. The van der Waals surface area contributed by atoms with Gasteiger partial charge < -0.3 is 9.52 Å². The Hall–Kier alpha value is -0.900. The van der Waals surface area contributed by atoms with Crippen LogP contribution in [-0.2, 0) is 16.6 Å². The van der Waals surface area contributed by atoms with Crippen LogP contribution in [0.15, 0.2) is 42.7 Å². The van der Waals surface area contributed by atoms with Crippen LogP contribution in [0.1, 0.15) is 5.76 Å². The van der Waals surface area contributed by atoms with Gasteiger partial charge in [0.1, 0.15) is 23.1 Å². The number of nitrogens with one attached hydrogen (secondary N) is 1. The molecule has 1 aromatic carbocycles. The lowest BCUT2D eigenvalue weighted by Crippen LogP contribution is -2.12. The van der Waals surface area contributed by atoms with Gasteiger partial charge in [-0.2, -0.15) is 0 Å². The molecule has 0 saturated carbocycles. The number of rotatable bonds is 4. The fourth-order valence-electron chi connectivity index (χ4n) is 1.43. The molecule has 0 aliphatic carbocycles. The SMILES string of the molecule is O=S(=O)(Nc1ccc(F)c(Br)c1)c1cc(CO)oc1Br. The molecule has 5 nitrogen and oxygen atoms in total. The van der Waals surface area contributed by atoms with Crippen LogP contribution in [0.25, 0.3) is 0 Å². The molecule has 2 aromatic rings. The highest BCUT2D eigenvalue weighted by molar-refractivity contribution is 9.10. The molecule has 0 aliphatic heterocycles. The zero-order valence-corrected chi connectivity index (χ0v) is 13.7. The Kier molecular flexibility index (Phi) is 4.52. The lowest BCUT2D eigenvalue weighted by molar-refractivity contribution is 0.245. The summed E-state index contributed by atoms with van der Waals surface area (Å²) in [4.78, 5) is -0.151. The Morgan fingerprint density at radius 3 is 2.55 bits per heavy atom. The number of halogens is 3. The zero-order chi connectivity index (χ0) is 14.9. The van der Waals surface area contributed by atoms with E-state index in [4.69, 9.17) is 9.52 Å². The quantitative estimate of drug-likeness (QED) is 0.783. The molecule has 0 unspecified atom stereocenters. The van der Waals surface area contributed by atoms with Gasteiger partial charge in [0.05, 0.1) is 10.2 Å². The van der Waals surface area contributed by atoms with Crippen LogP contribution in [0.2, 0.25) is 0 Å². The smallest absolute Gasteiger partial charge is 0.266 e. The highest BCUT2D eigenvalue weighted by Crippen LogP contribution is 2.29. The van der Waals surface area contributed by atoms with Crippen LogP contribution in [0, 0.1) is 5.82 Å². The van der Waals surface area contributed by atoms with Gasteiger partial charge in [-0.25, -0.2) is 12.8 Å². The summed E-state index contributed by atoms with van der Waals surface area (Å²) in [7, 11) is -3.91. The first-order valence-corrected chi connectivity index (χ1v) is 8.27. The number of hydrogen-bond acceptors (Lipinski definition) is 4. The van der Waals surface area contributed by atoms with Crippen molar-refractivity contribution < 1.29 is 22.3 Å². The first-order valence-electron chi connectivity index (χ1n) is 5.20. The summed E-state index contributed by atoms with van der Waals surface area (Å²) in [5, 5.41) is 8.92. The first-order chi connectivity index (χ1) is 9.33. The van der Waals surface area contributed by atoms with E-state index in [0.29, 0.717) is 0 Å². The molecule has 1 heterocycles. The van der Waals surface area contributed by atoms with Crippen molar-refractivity contribution in [2.24, 2.45) is 0 Å². The van der Waals surface area contributed by atoms with Crippen LogP contribution in [0.3, 0.4) is 0 Å². The topological polar surface area (TPSA) is 79.5 Å². The minimum atomic E-state index is -3.91. The number of anilines is 1. The van der Waals surface area contributed by atoms with Gasteiger partial charge in [-0.15, -0.1) is 0 Å². The molecule has 0 radical (unpaired) electrons. The molecule has 1 aromatic heterocycles. The van der Waals surface area contributed by atoms with Crippen molar-refractivity contribution in [3.63, 3.8) is 0 Å². The van der Waals surface area contributed by atoms with E-state index in [1.807, 2.05) is 0 Å². The van der Waals surface area contributed by atoms with Gasteiger partial charge in [0.2, 0.25) is 0 Å². The standard InChI is InChI=1S/C11H8Br2FNO4S/c12-8-3-6(1-2-9(8)14)15-20(17,18)10-4-7(5-16)19-11(10)13/h1-4,15-16H,5H2. The number of aliphatic hydroxyl groups is 1. The minimum absolute atomic E-state index is 0.0183. The fraction of sp³-hybridized carbons (Fsp3) is 0.0909. The molecule has 0 fully saturated rings. The van der Waals surface area contributed by atoms with Gasteiger partial charge >= 0.3 is 0 Å². The maximum Gasteiger partial charge on any atom is 0.266 e. The Balaban J connectivity index is 2.35. The maximum absolute atomic E-state index is 13.1.